The van der Waals surface area contributed by atoms with Gasteiger partial charge in [-0.3, -0.25) is 19.3 Å². The molecule has 1 aromatic heterocycles. The maximum Gasteiger partial charge on any atom is 0.343 e. The van der Waals surface area contributed by atoms with Crippen LogP contribution in [0.1, 0.15) is 62.0 Å². The first kappa shape index (κ1) is 27.9. The fourth-order valence-corrected chi connectivity index (χ4v) is 5.11. The number of nitrogens with zero attached hydrogens (tertiary/aromatic N) is 1. The van der Waals surface area contributed by atoms with E-state index in [1.54, 1.807) is 30.3 Å². The number of ether oxygens (including phenoxy) is 2. The van der Waals surface area contributed by atoms with Crippen molar-refractivity contribution in [1.82, 2.24) is 4.90 Å². The van der Waals surface area contributed by atoms with E-state index in [0.29, 0.717) is 16.3 Å². The Labute approximate surface area is 251 Å². The van der Waals surface area contributed by atoms with Gasteiger partial charge >= 0.3 is 5.97 Å². The Kier molecular flexibility index (Phi) is 7.29. The molecule has 0 saturated carbocycles. The summed E-state index contributed by atoms with van der Waals surface area (Å²) in [5.74, 6) is -0.834. The molecule has 1 aliphatic rings. The number of fused-ring (bicyclic) bond motifs is 2. The first-order valence-electron chi connectivity index (χ1n) is 13.5. The number of benzene rings is 4. The summed E-state index contributed by atoms with van der Waals surface area (Å²) in [7, 11) is 0. The standard InChI is InChI=1S/C34H24ClNO7/c1-19(2)23-8-4-6-10-28(23)43-30-18-41-29-16-22(12-14-25(29)31(30)37)42-34(40)20-11-13-24-26(15-20)33(39)36(32(24)38)17-21-7-3-5-9-27(21)35/h3-16,18-19H,17H2,1-2H3. The van der Waals surface area contributed by atoms with Gasteiger partial charge in [0, 0.05) is 11.1 Å². The lowest BCUT2D eigenvalue weighted by atomic mass is 10.0. The number of halogens is 1. The van der Waals surface area contributed by atoms with Crippen LogP contribution in [0.3, 0.4) is 0 Å². The SMILES string of the molecule is CC(C)c1ccccc1Oc1coc2cc(OC(=O)c3ccc4c(c3)C(=O)N(Cc3ccccc3Cl)C4=O)ccc2c1=O. The van der Waals surface area contributed by atoms with E-state index in [2.05, 4.69) is 0 Å². The van der Waals surface area contributed by atoms with E-state index in [9.17, 15) is 19.2 Å². The minimum absolute atomic E-state index is 0.00504. The Morgan fingerprint density at radius 2 is 1.60 bits per heavy atom. The van der Waals surface area contributed by atoms with E-state index < -0.39 is 17.8 Å². The highest BCUT2D eigenvalue weighted by atomic mass is 35.5. The molecule has 0 fully saturated rings. The molecule has 1 aliphatic heterocycles. The Morgan fingerprint density at radius 3 is 2.40 bits per heavy atom. The lowest BCUT2D eigenvalue weighted by molar-refractivity contribution is 0.0641. The zero-order valence-electron chi connectivity index (χ0n) is 23.1. The number of para-hydroxylation sites is 1. The second-order valence-electron chi connectivity index (χ2n) is 10.3. The van der Waals surface area contributed by atoms with Gasteiger partial charge in [-0.2, -0.15) is 0 Å². The number of imide groups is 1. The monoisotopic (exact) mass is 593 g/mol. The van der Waals surface area contributed by atoms with Gasteiger partial charge in [0.25, 0.3) is 11.8 Å². The first-order chi connectivity index (χ1) is 20.7. The molecule has 0 spiro atoms. The predicted molar refractivity (Wildman–Crippen MR) is 160 cm³/mol. The van der Waals surface area contributed by atoms with Crippen molar-refractivity contribution in [1.29, 1.82) is 0 Å². The normalized spacial score (nSPS) is 12.6. The first-order valence-corrected chi connectivity index (χ1v) is 13.9. The van der Waals surface area contributed by atoms with Crippen molar-refractivity contribution < 1.29 is 28.3 Å². The van der Waals surface area contributed by atoms with Crippen molar-refractivity contribution in [2.75, 3.05) is 0 Å². The topological polar surface area (TPSA) is 103 Å². The van der Waals surface area contributed by atoms with Gasteiger partial charge in [0.2, 0.25) is 11.2 Å². The van der Waals surface area contributed by atoms with Crippen molar-refractivity contribution in [2.24, 2.45) is 0 Å². The molecule has 0 radical (unpaired) electrons. The third kappa shape index (κ3) is 5.29. The third-order valence-corrected chi connectivity index (χ3v) is 7.55. The molecule has 0 aliphatic carbocycles. The van der Waals surface area contributed by atoms with Crippen molar-refractivity contribution in [3.8, 4) is 17.2 Å². The van der Waals surface area contributed by atoms with Crippen LogP contribution in [0.2, 0.25) is 5.02 Å². The summed E-state index contributed by atoms with van der Waals surface area (Å²) in [6, 6.07) is 23.0. The number of carbonyl (C=O) groups excluding carboxylic acids is 3. The molecule has 0 N–H and O–H groups in total. The number of hydrogen-bond acceptors (Lipinski definition) is 7. The van der Waals surface area contributed by atoms with Gasteiger partial charge in [0.05, 0.1) is 28.6 Å². The number of rotatable bonds is 7. The van der Waals surface area contributed by atoms with Crippen LogP contribution in [-0.2, 0) is 6.54 Å². The summed E-state index contributed by atoms with van der Waals surface area (Å²) < 4.78 is 17.1. The molecule has 0 atom stereocenters. The van der Waals surface area contributed by atoms with Crippen LogP contribution in [0, 0.1) is 0 Å². The van der Waals surface area contributed by atoms with Crippen molar-refractivity contribution in [3.63, 3.8) is 0 Å². The van der Waals surface area contributed by atoms with Crippen LogP contribution >= 0.6 is 11.6 Å². The molecule has 4 aromatic carbocycles. The molecule has 43 heavy (non-hydrogen) atoms. The van der Waals surface area contributed by atoms with Gasteiger partial charge in [-0.25, -0.2) is 4.79 Å². The van der Waals surface area contributed by atoms with Crippen LogP contribution < -0.4 is 14.9 Å². The maximum atomic E-state index is 13.1. The van der Waals surface area contributed by atoms with Gasteiger partial charge in [-0.15, -0.1) is 0 Å². The fraction of sp³-hybridized carbons (Fsp3) is 0.118. The van der Waals surface area contributed by atoms with E-state index >= 15 is 0 Å². The average Bonchev–Trinajstić information content (AvgIpc) is 3.24. The Balaban J connectivity index is 1.20. The van der Waals surface area contributed by atoms with Gasteiger partial charge in [0.1, 0.15) is 23.3 Å². The summed E-state index contributed by atoms with van der Waals surface area (Å²) in [6.07, 6.45) is 1.23. The van der Waals surface area contributed by atoms with E-state index in [0.717, 1.165) is 10.5 Å². The highest BCUT2D eigenvalue weighted by Gasteiger charge is 2.36. The molecule has 8 nitrogen and oxygen atoms in total. The molecule has 2 heterocycles. The average molecular weight is 594 g/mol. The van der Waals surface area contributed by atoms with Crippen LogP contribution in [-0.4, -0.2) is 22.7 Å². The summed E-state index contributed by atoms with van der Waals surface area (Å²) in [6.45, 7) is 4.07. The molecule has 5 aromatic rings. The highest BCUT2D eigenvalue weighted by molar-refractivity contribution is 6.31. The maximum absolute atomic E-state index is 13.1. The Hall–Kier alpha value is -5.21. The molecule has 0 unspecified atom stereocenters. The van der Waals surface area contributed by atoms with Crippen molar-refractivity contribution in [2.45, 2.75) is 26.3 Å². The number of amides is 2. The minimum atomic E-state index is -0.750. The third-order valence-electron chi connectivity index (χ3n) is 7.18. The molecular formula is C34H24ClNO7. The second-order valence-corrected chi connectivity index (χ2v) is 10.7. The van der Waals surface area contributed by atoms with E-state index in [1.165, 1.54) is 42.7 Å². The molecule has 2 amide bonds. The molecule has 9 heteroatoms. The Bertz CT molecular complexity index is 2000. The summed E-state index contributed by atoms with van der Waals surface area (Å²) >= 11 is 6.21. The number of carbonyl (C=O) groups is 3. The van der Waals surface area contributed by atoms with Gasteiger partial charge < -0.3 is 13.9 Å². The van der Waals surface area contributed by atoms with Crippen LogP contribution in [0.4, 0.5) is 0 Å². The predicted octanol–water partition coefficient (Wildman–Crippen LogP) is 7.38. The largest absolute Gasteiger partial charge is 0.460 e. The van der Waals surface area contributed by atoms with E-state index in [1.807, 2.05) is 32.0 Å². The van der Waals surface area contributed by atoms with Gasteiger partial charge in [-0.1, -0.05) is 61.8 Å². The van der Waals surface area contributed by atoms with Gasteiger partial charge in [-0.05, 0) is 59.5 Å². The number of hydrogen-bond donors (Lipinski definition) is 0. The van der Waals surface area contributed by atoms with Crippen LogP contribution in [0.15, 0.2) is 100 Å². The summed E-state index contributed by atoms with van der Waals surface area (Å²) in [4.78, 5) is 53.2. The molecule has 214 valence electrons. The van der Waals surface area contributed by atoms with E-state index in [-0.39, 0.29) is 57.1 Å². The van der Waals surface area contributed by atoms with Gasteiger partial charge in [0.15, 0.2) is 0 Å². The van der Waals surface area contributed by atoms with Crippen molar-refractivity contribution in [3.05, 3.63) is 134 Å². The molecule has 0 saturated heterocycles. The fourth-order valence-electron chi connectivity index (χ4n) is 4.92. The molecule has 0 bridgehead atoms. The zero-order valence-corrected chi connectivity index (χ0v) is 23.9. The summed E-state index contributed by atoms with van der Waals surface area (Å²) in [5, 5.41) is 0.689. The van der Waals surface area contributed by atoms with Crippen LogP contribution in [0.25, 0.3) is 11.0 Å². The van der Waals surface area contributed by atoms with Crippen molar-refractivity contribution >= 4 is 40.4 Å². The lowest BCUT2D eigenvalue weighted by Crippen LogP contribution is -2.29. The lowest BCUT2D eigenvalue weighted by Gasteiger charge is -2.14. The second kappa shape index (κ2) is 11.2. The van der Waals surface area contributed by atoms with E-state index in [4.69, 9.17) is 25.5 Å². The smallest absolute Gasteiger partial charge is 0.343 e. The highest BCUT2D eigenvalue weighted by Crippen LogP contribution is 2.31. The summed E-state index contributed by atoms with van der Waals surface area (Å²) in [5.41, 5.74) is 1.77. The zero-order chi connectivity index (χ0) is 30.2. The molecular weight excluding hydrogens is 570 g/mol. The van der Waals surface area contributed by atoms with Crippen LogP contribution in [0.5, 0.6) is 17.2 Å². The molecule has 6 rings (SSSR count). The minimum Gasteiger partial charge on any atom is -0.460 e. The Morgan fingerprint density at radius 1 is 0.860 bits per heavy atom. The number of esters is 1. The quantitative estimate of drug-likeness (QED) is 0.110.